The van der Waals surface area contributed by atoms with Crippen LogP contribution in [0.1, 0.15) is 11.1 Å². The summed E-state index contributed by atoms with van der Waals surface area (Å²) in [6.45, 7) is 2.00. The summed E-state index contributed by atoms with van der Waals surface area (Å²) in [5.74, 6) is 0.795. The van der Waals surface area contributed by atoms with Gasteiger partial charge in [0, 0.05) is 34.7 Å². The van der Waals surface area contributed by atoms with Crippen molar-refractivity contribution in [1.82, 2.24) is 4.90 Å². The van der Waals surface area contributed by atoms with Crippen molar-refractivity contribution in [3.05, 3.63) is 63.1 Å². The van der Waals surface area contributed by atoms with Crippen molar-refractivity contribution in [3.8, 4) is 5.75 Å². The van der Waals surface area contributed by atoms with Crippen molar-refractivity contribution in [2.24, 2.45) is 0 Å². The normalized spacial score (nSPS) is 21.2. The molecule has 0 spiro atoms. The fourth-order valence-corrected chi connectivity index (χ4v) is 3.31. The molecule has 2 N–H and O–H groups in total. The minimum Gasteiger partial charge on any atom is -0.489 e. The maximum atomic E-state index is 9.70. The lowest BCUT2D eigenvalue weighted by Gasteiger charge is -2.18. The molecule has 1 aliphatic rings. The summed E-state index contributed by atoms with van der Waals surface area (Å²) in [6.07, 6.45) is -1.37. The molecular formula is C18H19BrClNO3. The number of halogens is 2. The molecule has 0 unspecified atom stereocenters. The lowest BCUT2D eigenvalue weighted by atomic mass is 10.2. The van der Waals surface area contributed by atoms with E-state index in [1.165, 1.54) is 0 Å². The van der Waals surface area contributed by atoms with Crippen LogP contribution in [-0.4, -0.2) is 40.4 Å². The number of nitrogens with zero attached hydrogens (tertiary/aromatic N) is 1. The minimum atomic E-state index is -0.685. The molecule has 2 atom stereocenters. The standard InChI is InChI=1S/C18H19BrClNO3/c19-14-3-6-18(24-11-12-1-4-15(20)5-2-12)13(7-14)8-21-9-16(22)17(23)10-21/h1-7,16-17,22-23H,8-11H2/t16-,17+. The smallest absolute Gasteiger partial charge is 0.124 e. The third-order valence-electron chi connectivity index (χ3n) is 4.06. The molecule has 1 fully saturated rings. The molecule has 1 aliphatic heterocycles. The second-order valence-electron chi connectivity index (χ2n) is 6.00. The molecule has 0 aliphatic carbocycles. The molecule has 0 radical (unpaired) electrons. The fourth-order valence-electron chi connectivity index (χ4n) is 2.77. The van der Waals surface area contributed by atoms with Crippen molar-refractivity contribution >= 4 is 27.5 Å². The number of rotatable bonds is 5. The predicted molar refractivity (Wildman–Crippen MR) is 97.2 cm³/mol. The third kappa shape index (κ3) is 4.49. The van der Waals surface area contributed by atoms with Gasteiger partial charge in [0.25, 0.3) is 0 Å². The van der Waals surface area contributed by atoms with Crippen LogP contribution >= 0.6 is 27.5 Å². The number of hydrogen-bond acceptors (Lipinski definition) is 4. The molecule has 2 aromatic carbocycles. The number of aliphatic hydroxyl groups is 2. The van der Waals surface area contributed by atoms with Crippen molar-refractivity contribution < 1.29 is 14.9 Å². The number of likely N-dealkylation sites (tertiary alicyclic amines) is 1. The van der Waals surface area contributed by atoms with Crippen LogP contribution in [0, 0.1) is 0 Å². The molecule has 1 heterocycles. The Hall–Kier alpha value is -1.11. The Balaban J connectivity index is 1.69. The van der Waals surface area contributed by atoms with Crippen molar-refractivity contribution in [2.75, 3.05) is 13.1 Å². The summed E-state index contributed by atoms with van der Waals surface area (Å²) in [6, 6.07) is 13.4. The zero-order valence-corrected chi connectivity index (χ0v) is 15.4. The van der Waals surface area contributed by atoms with Gasteiger partial charge in [0.2, 0.25) is 0 Å². The molecule has 1 saturated heterocycles. The molecule has 0 aromatic heterocycles. The molecule has 0 saturated carbocycles. The van der Waals surface area contributed by atoms with Gasteiger partial charge >= 0.3 is 0 Å². The van der Waals surface area contributed by atoms with E-state index in [0.29, 0.717) is 31.3 Å². The van der Waals surface area contributed by atoms with Crippen LogP contribution in [0.5, 0.6) is 5.75 Å². The largest absolute Gasteiger partial charge is 0.489 e. The van der Waals surface area contributed by atoms with E-state index in [1.54, 1.807) is 0 Å². The molecular weight excluding hydrogens is 394 g/mol. The second-order valence-corrected chi connectivity index (χ2v) is 7.35. The van der Waals surface area contributed by atoms with Crippen molar-refractivity contribution in [1.29, 1.82) is 0 Å². The average Bonchev–Trinajstić information content (AvgIpc) is 2.86. The number of ether oxygens (including phenoxy) is 1. The first kappa shape index (κ1) is 17.7. The van der Waals surface area contributed by atoms with Crippen molar-refractivity contribution in [2.45, 2.75) is 25.4 Å². The van der Waals surface area contributed by atoms with Gasteiger partial charge in [-0.15, -0.1) is 0 Å². The highest BCUT2D eigenvalue weighted by Gasteiger charge is 2.29. The van der Waals surface area contributed by atoms with Gasteiger partial charge in [0.1, 0.15) is 12.4 Å². The van der Waals surface area contributed by atoms with Gasteiger partial charge in [-0.3, -0.25) is 4.90 Å². The van der Waals surface area contributed by atoms with Crippen LogP contribution < -0.4 is 4.74 Å². The zero-order chi connectivity index (χ0) is 17.1. The van der Waals surface area contributed by atoms with E-state index >= 15 is 0 Å². The lowest BCUT2D eigenvalue weighted by molar-refractivity contribution is 0.0572. The van der Waals surface area contributed by atoms with E-state index in [1.807, 2.05) is 47.4 Å². The first-order valence-corrected chi connectivity index (χ1v) is 8.92. The van der Waals surface area contributed by atoms with Gasteiger partial charge in [-0.05, 0) is 35.9 Å². The summed E-state index contributed by atoms with van der Waals surface area (Å²) >= 11 is 9.38. The van der Waals surface area contributed by atoms with Gasteiger partial charge in [-0.25, -0.2) is 0 Å². The van der Waals surface area contributed by atoms with Gasteiger partial charge in [0.05, 0.1) is 12.2 Å². The van der Waals surface area contributed by atoms with E-state index in [4.69, 9.17) is 16.3 Å². The molecule has 24 heavy (non-hydrogen) atoms. The summed E-state index contributed by atoms with van der Waals surface area (Å²) in [5.41, 5.74) is 2.06. The first-order valence-electron chi connectivity index (χ1n) is 7.75. The van der Waals surface area contributed by atoms with E-state index in [9.17, 15) is 10.2 Å². The molecule has 6 heteroatoms. The van der Waals surface area contributed by atoms with Gasteiger partial charge in [-0.2, -0.15) is 0 Å². The number of β-amino-alcohol motifs (C(OH)–C–C–N with tert-alkyl or cyclic N) is 2. The fraction of sp³-hybridized carbons (Fsp3) is 0.333. The highest BCUT2D eigenvalue weighted by atomic mass is 79.9. The monoisotopic (exact) mass is 411 g/mol. The molecule has 0 bridgehead atoms. The molecule has 2 aromatic rings. The topological polar surface area (TPSA) is 52.9 Å². The van der Waals surface area contributed by atoms with Crippen LogP contribution in [-0.2, 0) is 13.2 Å². The van der Waals surface area contributed by atoms with Crippen LogP contribution in [0.25, 0.3) is 0 Å². The Morgan fingerprint density at radius 2 is 1.75 bits per heavy atom. The van der Waals surface area contributed by atoms with E-state index in [0.717, 1.165) is 21.3 Å². The van der Waals surface area contributed by atoms with Crippen LogP contribution in [0.3, 0.4) is 0 Å². The van der Waals surface area contributed by atoms with Gasteiger partial charge < -0.3 is 14.9 Å². The Kier molecular flexibility index (Phi) is 5.79. The minimum absolute atomic E-state index is 0.455. The number of aliphatic hydroxyl groups excluding tert-OH is 2. The molecule has 3 rings (SSSR count). The molecule has 0 amide bonds. The highest BCUT2D eigenvalue weighted by molar-refractivity contribution is 9.10. The Bertz CT molecular complexity index is 685. The predicted octanol–water partition coefficient (Wildman–Crippen LogP) is 3.22. The summed E-state index contributed by atoms with van der Waals surface area (Å²) in [4.78, 5) is 2.02. The van der Waals surface area contributed by atoms with E-state index in [-0.39, 0.29) is 0 Å². The Labute approximate surface area is 154 Å². The average molecular weight is 413 g/mol. The quantitative estimate of drug-likeness (QED) is 0.792. The summed E-state index contributed by atoms with van der Waals surface area (Å²) in [5, 5.41) is 20.1. The number of benzene rings is 2. The van der Waals surface area contributed by atoms with Crippen LogP contribution in [0.4, 0.5) is 0 Å². The highest BCUT2D eigenvalue weighted by Crippen LogP contribution is 2.27. The van der Waals surface area contributed by atoms with Crippen LogP contribution in [0.15, 0.2) is 46.9 Å². The summed E-state index contributed by atoms with van der Waals surface area (Å²) in [7, 11) is 0. The lowest BCUT2D eigenvalue weighted by Crippen LogP contribution is -2.22. The Morgan fingerprint density at radius 1 is 1.08 bits per heavy atom. The second kappa shape index (κ2) is 7.85. The Morgan fingerprint density at radius 3 is 2.42 bits per heavy atom. The first-order chi connectivity index (χ1) is 11.5. The summed E-state index contributed by atoms with van der Waals surface area (Å²) < 4.78 is 6.94. The number of hydrogen-bond donors (Lipinski definition) is 2. The zero-order valence-electron chi connectivity index (χ0n) is 13.0. The van der Waals surface area contributed by atoms with Gasteiger partial charge in [-0.1, -0.05) is 39.7 Å². The molecule has 128 valence electrons. The SMILES string of the molecule is O[C@@H]1CN(Cc2cc(Br)ccc2OCc2ccc(Cl)cc2)C[C@@H]1O. The van der Waals surface area contributed by atoms with Gasteiger partial charge in [0.15, 0.2) is 0 Å². The van der Waals surface area contributed by atoms with E-state index < -0.39 is 12.2 Å². The molecule has 4 nitrogen and oxygen atoms in total. The van der Waals surface area contributed by atoms with Crippen LogP contribution in [0.2, 0.25) is 5.02 Å². The third-order valence-corrected chi connectivity index (χ3v) is 4.80. The van der Waals surface area contributed by atoms with E-state index in [2.05, 4.69) is 15.9 Å². The maximum absolute atomic E-state index is 9.70. The van der Waals surface area contributed by atoms with Crippen molar-refractivity contribution in [3.63, 3.8) is 0 Å². The maximum Gasteiger partial charge on any atom is 0.124 e.